The number of likely N-dealkylation sites (tertiary alicyclic amines) is 1. The van der Waals surface area contributed by atoms with Crippen LogP contribution in [0, 0.1) is 18.3 Å². The number of carbonyl (C=O) groups excluding carboxylic acids is 2. The van der Waals surface area contributed by atoms with Gasteiger partial charge >= 0.3 is 0 Å². The van der Waals surface area contributed by atoms with E-state index in [0.29, 0.717) is 44.2 Å². The summed E-state index contributed by atoms with van der Waals surface area (Å²) in [6.07, 6.45) is 9.12. The number of carbonyl (C=O) groups is 2. The van der Waals surface area contributed by atoms with E-state index >= 15 is 0 Å². The van der Waals surface area contributed by atoms with Crippen LogP contribution in [-0.4, -0.2) is 53.0 Å². The molecule has 2 amide bonds. The number of hydrogen-bond acceptors (Lipinski definition) is 4. The maximum Gasteiger partial charge on any atom is 0.289 e. The molecule has 2 saturated heterocycles. The molecule has 2 fully saturated rings. The molecule has 6 heteroatoms. The number of terminal acetylenes is 1. The molecule has 1 aromatic heterocycles. The lowest BCUT2D eigenvalue weighted by molar-refractivity contribution is -0.132. The minimum atomic E-state index is -0.442. The predicted molar refractivity (Wildman–Crippen MR) is 93.5 cm³/mol. The van der Waals surface area contributed by atoms with Crippen molar-refractivity contribution >= 4 is 11.8 Å². The van der Waals surface area contributed by atoms with E-state index in [0.717, 1.165) is 6.42 Å². The van der Waals surface area contributed by atoms with Crippen molar-refractivity contribution in [2.75, 3.05) is 19.6 Å². The van der Waals surface area contributed by atoms with Gasteiger partial charge in [0.15, 0.2) is 5.76 Å². The van der Waals surface area contributed by atoms with Gasteiger partial charge in [0.25, 0.3) is 5.91 Å². The smallest absolute Gasteiger partial charge is 0.289 e. The Morgan fingerprint density at radius 1 is 1.48 bits per heavy atom. The van der Waals surface area contributed by atoms with Crippen LogP contribution in [0.4, 0.5) is 0 Å². The molecule has 2 aliphatic rings. The molecule has 1 unspecified atom stereocenters. The quantitative estimate of drug-likeness (QED) is 0.845. The van der Waals surface area contributed by atoms with Crippen LogP contribution in [0.15, 0.2) is 22.8 Å². The largest absolute Gasteiger partial charge is 0.459 e. The third kappa shape index (κ3) is 3.29. The highest BCUT2D eigenvalue weighted by Crippen LogP contribution is 2.34. The number of hydrogen-bond donors (Lipinski definition) is 1. The Labute approximate surface area is 148 Å². The van der Waals surface area contributed by atoms with Gasteiger partial charge in [-0.05, 0) is 24.5 Å². The van der Waals surface area contributed by atoms with Gasteiger partial charge in [0, 0.05) is 25.9 Å². The molecule has 0 aromatic carbocycles. The monoisotopic (exact) mass is 343 g/mol. The van der Waals surface area contributed by atoms with Crippen molar-refractivity contribution in [2.45, 2.75) is 44.8 Å². The molecule has 134 valence electrons. The summed E-state index contributed by atoms with van der Waals surface area (Å²) in [7, 11) is 0. The Hall–Kier alpha value is -2.26. The van der Waals surface area contributed by atoms with E-state index in [1.165, 1.54) is 6.26 Å². The van der Waals surface area contributed by atoms with Crippen LogP contribution in [0.1, 0.15) is 43.7 Å². The zero-order valence-electron chi connectivity index (χ0n) is 14.8. The Kier molecular flexibility index (Phi) is 4.87. The first-order valence-electron chi connectivity index (χ1n) is 8.82. The number of piperidine rings is 1. The van der Waals surface area contributed by atoms with Crippen molar-refractivity contribution in [1.29, 1.82) is 0 Å². The Morgan fingerprint density at radius 2 is 2.20 bits per heavy atom. The van der Waals surface area contributed by atoms with Gasteiger partial charge in [-0.15, -0.1) is 6.42 Å². The summed E-state index contributed by atoms with van der Waals surface area (Å²) in [4.78, 5) is 28.8. The van der Waals surface area contributed by atoms with Gasteiger partial charge < -0.3 is 14.2 Å². The zero-order valence-corrected chi connectivity index (χ0v) is 14.8. The summed E-state index contributed by atoms with van der Waals surface area (Å²) in [6, 6.07) is 3.19. The summed E-state index contributed by atoms with van der Waals surface area (Å²) in [5.74, 6) is 3.36. The van der Waals surface area contributed by atoms with Crippen molar-refractivity contribution < 1.29 is 14.0 Å². The number of rotatable bonds is 4. The first kappa shape index (κ1) is 17.6. The Bertz CT molecular complexity index is 667. The molecule has 0 saturated carbocycles. The summed E-state index contributed by atoms with van der Waals surface area (Å²) in [5, 5.41) is 3.54. The first-order chi connectivity index (χ1) is 12.0. The maximum absolute atomic E-state index is 12.8. The molecule has 6 nitrogen and oxygen atoms in total. The molecule has 1 atom stereocenters. The standard InChI is InChI=1S/C19H25N3O3/c1-4-9-22-17(23)15(13-14(2)3)20-19(22)7-10-21(11-8-19)18(24)16-6-5-12-25-16/h1,5-6,12,14-15,20H,7-11,13H2,2-3H3. The van der Waals surface area contributed by atoms with Gasteiger partial charge in [-0.25, -0.2) is 0 Å². The minimum Gasteiger partial charge on any atom is -0.459 e. The van der Waals surface area contributed by atoms with E-state index < -0.39 is 5.66 Å². The molecule has 1 N–H and O–H groups in total. The fourth-order valence-electron chi connectivity index (χ4n) is 3.86. The average Bonchev–Trinajstić information content (AvgIpc) is 3.19. The van der Waals surface area contributed by atoms with E-state index in [2.05, 4.69) is 25.1 Å². The summed E-state index contributed by atoms with van der Waals surface area (Å²) in [6.45, 7) is 5.64. The predicted octanol–water partition coefficient (Wildman–Crippen LogP) is 1.69. The van der Waals surface area contributed by atoms with Crippen LogP contribution in [0.2, 0.25) is 0 Å². The average molecular weight is 343 g/mol. The SMILES string of the molecule is C#CCN1C(=O)C(CC(C)C)NC12CCN(C(=O)c1ccco1)CC2. The van der Waals surface area contributed by atoms with Crippen LogP contribution in [0.3, 0.4) is 0 Å². The number of amides is 2. The van der Waals surface area contributed by atoms with Gasteiger partial charge in [-0.1, -0.05) is 19.8 Å². The number of furan rings is 1. The summed E-state index contributed by atoms with van der Waals surface area (Å²) >= 11 is 0. The van der Waals surface area contributed by atoms with Crippen LogP contribution in [0.25, 0.3) is 0 Å². The van der Waals surface area contributed by atoms with Gasteiger partial charge in [0.05, 0.1) is 24.5 Å². The highest BCUT2D eigenvalue weighted by molar-refractivity contribution is 5.91. The van der Waals surface area contributed by atoms with Crippen molar-refractivity contribution in [2.24, 2.45) is 5.92 Å². The molecule has 1 aromatic rings. The van der Waals surface area contributed by atoms with Gasteiger partial charge in [-0.2, -0.15) is 0 Å². The van der Waals surface area contributed by atoms with Gasteiger partial charge in [0.1, 0.15) is 0 Å². The van der Waals surface area contributed by atoms with E-state index in [4.69, 9.17) is 10.8 Å². The lowest BCUT2D eigenvalue weighted by Gasteiger charge is -2.44. The highest BCUT2D eigenvalue weighted by Gasteiger charge is 2.51. The van der Waals surface area contributed by atoms with Crippen molar-refractivity contribution in [1.82, 2.24) is 15.1 Å². The molecule has 3 rings (SSSR count). The topological polar surface area (TPSA) is 65.8 Å². The third-order valence-corrected chi connectivity index (χ3v) is 5.09. The second-order valence-corrected chi connectivity index (χ2v) is 7.26. The molecule has 1 spiro atoms. The first-order valence-corrected chi connectivity index (χ1v) is 8.82. The number of nitrogens with zero attached hydrogens (tertiary/aromatic N) is 2. The second-order valence-electron chi connectivity index (χ2n) is 7.26. The normalized spacial score (nSPS) is 22.6. The molecule has 0 radical (unpaired) electrons. The molecule has 0 bridgehead atoms. The van der Waals surface area contributed by atoms with E-state index in [9.17, 15) is 9.59 Å². The van der Waals surface area contributed by atoms with E-state index in [1.54, 1.807) is 21.9 Å². The molecular formula is C19H25N3O3. The molecular weight excluding hydrogens is 318 g/mol. The highest BCUT2D eigenvalue weighted by atomic mass is 16.3. The van der Waals surface area contributed by atoms with Crippen LogP contribution >= 0.6 is 0 Å². The molecule has 2 aliphatic heterocycles. The summed E-state index contributed by atoms with van der Waals surface area (Å²) in [5.41, 5.74) is -0.442. The van der Waals surface area contributed by atoms with Gasteiger partial charge in [0.2, 0.25) is 5.91 Å². The number of nitrogens with one attached hydrogen (secondary N) is 1. The fourth-order valence-corrected chi connectivity index (χ4v) is 3.86. The zero-order chi connectivity index (χ0) is 18.0. The molecule has 3 heterocycles. The van der Waals surface area contributed by atoms with Crippen LogP contribution in [-0.2, 0) is 4.79 Å². The third-order valence-electron chi connectivity index (χ3n) is 5.09. The van der Waals surface area contributed by atoms with Crippen LogP contribution in [0.5, 0.6) is 0 Å². The van der Waals surface area contributed by atoms with Crippen LogP contribution < -0.4 is 5.32 Å². The molecule has 25 heavy (non-hydrogen) atoms. The van der Waals surface area contributed by atoms with E-state index in [1.807, 2.05) is 0 Å². The van der Waals surface area contributed by atoms with Gasteiger partial charge in [-0.3, -0.25) is 14.9 Å². The Balaban J connectivity index is 1.72. The minimum absolute atomic E-state index is 0.0810. The van der Waals surface area contributed by atoms with E-state index in [-0.39, 0.29) is 17.9 Å². The lowest BCUT2D eigenvalue weighted by atomic mass is 9.95. The summed E-state index contributed by atoms with van der Waals surface area (Å²) < 4.78 is 5.21. The van der Waals surface area contributed by atoms with Crippen molar-refractivity contribution in [3.63, 3.8) is 0 Å². The van der Waals surface area contributed by atoms with Crippen molar-refractivity contribution in [3.8, 4) is 12.3 Å². The Morgan fingerprint density at radius 3 is 2.76 bits per heavy atom. The lowest BCUT2D eigenvalue weighted by Crippen LogP contribution is -2.59. The second kappa shape index (κ2) is 6.93. The molecule has 0 aliphatic carbocycles. The van der Waals surface area contributed by atoms with Crippen molar-refractivity contribution in [3.05, 3.63) is 24.2 Å². The fraction of sp³-hybridized carbons (Fsp3) is 0.579. The maximum atomic E-state index is 12.8.